The first-order chi connectivity index (χ1) is 8.49. The van der Waals surface area contributed by atoms with Gasteiger partial charge in [0.2, 0.25) is 0 Å². The van der Waals surface area contributed by atoms with Crippen molar-refractivity contribution in [3.63, 3.8) is 0 Å². The maximum Gasteiger partial charge on any atom is 0.121 e. The predicted molar refractivity (Wildman–Crippen MR) is 75.0 cm³/mol. The third-order valence-corrected chi connectivity index (χ3v) is 2.82. The molecule has 18 heavy (non-hydrogen) atoms. The SMILES string of the molecule is COc1ccc(C#N)c(N(CC(C)C)C(C)C)c1. The van der Waals surface area contributed by atoms with Crippen LogP contribution in [0, 0.1) is 17.2 Å². The van der Waals surface area contributed by atoms with Crippen LogP contribution in [-0.2, 0) is 0 Å². The standard InChI is InChI=1S/C15H22N2O/c1-11(2)10-17(12(3)4)15-8-14(18-5)7-6-13(15)9-16/h6-8,11-12H,10H2,1-5H3. The average Bonchev–Trinajstić information content (AvgIpc) is 2.34. The van der Waals surface area contributed by atoms with Crippen molar-refractivity contribution in [3.05, 3.63) is 23.8 Å². The number of anilines is 1. The maximum absolute atomic E-state index is 9.23. The topological polar surface area (TPSA) is 36.3 Å². The summed E-state index contributed by atoms with van der Waals surface area (Å²) in [5, 5.41) is 9.23. The molecule has 3 heteroatoms. The van der Waals surface area contributed by atoms with Crippen molar-refractivity contribution in [2.45, 2.75) is 33.7 Å². The molecule has 0 radical (unpaired) electrons. The average molecular weight is 246 g/mol. The van der Waals surface area contributed by atoms with Crippen molar-refractivity contribution in [2.24, 2.45) is 5.92 Å². The van der Waals surface area contributed by atoms with Crippen molar-refractivity contribution in [2.75, 3.05) is 18.6 Å². The maximum atomic E-state index is 9.23. The molecule has 0 spiro atoms. The van der Waals surface area contributed by atoms with E-state index in [2.05, 4.69) is 38.7 Å². The van der Waals surface area contributed by atoms with Crippen LogP contribution in [0.25, 0.3) is 0 Å². The lowest BCUT2D eigenvalue weighted by Crippen LogP contribution is -2.34. The highest BCUT2D eigenvalue weighted by Gasteiger charge is 2.16. The first-order valence-electron chi connectivity index (χ1n) is 6.34. The van der Waals surface area contributed by atoms with E-state index in [1.54, 1.807) is 7.11 Å². The molecule has 0 bridgehead atoms. The molecule has 0 atom stereocenters. The highest BCUT2D eigenvalue weighted by molar-refractivity contribution is 5.62. The van der Waals surface area contributed by atoms with Crippen molar-refractivity contribution in [1.29, 1.82) is 5.26 Å². The van der Waals surface area contributed by atoms with Crippen LogP contribution in [-0.4, -0.2) is 19.7 Å². The van der Waals surface area contributed by atoms with Gasteiger partial charge < -0.3 is 9.64 Å². The number of rotatable bonds is 5. The second-order valence-corrected chi connectivity index (χ2v) is 5.13. The van der Waals surface area contributed by atoms with Gasteiger partial charge in [0.25, 0.3) is 0 Å². The highest BCUT2D eigenvalue weighted by Crippen LogP contribution is 2.27. The zero-order chi connectivity index (χ0) is 13.7. The molecule has 0 aromatic heterocycles. The van der Waals surface area contributed by atoms with Crippen LogP contribution in [0.5, 0.6) is 5.75 Å². The molecule has 0 heterocycles. The summed E-state index contributed by atoms with van der Waals surface area (Å²) in [6.45, 7) is 9.58. The van der Waals surface area contributed by atoms with Gasteiger partial charge in [0.05, 0.1) is 18.4 Å². The molecule has 0 amide bonds. The normalized spacial score (nSPS) is 10.6. The fourth-order valence-electron chi connectivity index (χ4n) is 1.95. The summed E-state index contributed by atoms with van der Waals surface area (Å²) in [7, 11) is 1.65. The summed E-state index contributed by atoms with van der Waals surface area (Å²) < 4.78 is 5.25. The van der Waals surface area contributed by atoms with Crippen LogP contribution >= 0.6 is 0 Å². The molecular formula is C15H22N2O. The largest absolute Gasteiger partial charge is 0.497 e. The molecule has 0 fully saturated rings. The van der Waals surface area contributed by atoms with Gasteiger partial charge in [-0.3, -0.25) is 0 Å². The molecule has 3 nitrogen and oxygen atoms in total. The van der Waals surface area contributed by atoms with Crippen LogP contribution in [0.15, 0.2) is 18.2 Å². The minimum absolute atomic E-state index is 0.353. The zero-order valence-corrected chi connectivity index (χ0v) is 11.9. The quantitative estimate of drug-likeness (QED) is 0.798. The van der Waals surface area contributed by atoms with Crippen molar-refractivity contribution < 1.29 is 4.74 Å². The Morgan fingerprint density at radius 2 is 1.94 bits per heavy atom. The molecule has 0 saturated carbocycles. The van der Waals surface area contributed by atoms with Crippen LogP contribution in [0.2, 0.25) is 0 Å². The lowest BCUT2D eigenvalue weighted by atomic mass is 10.1. The van der Waals surface area contributed by atoms with Crippen LogP contribution in [0.1, 0.15) is 33.3 Å². The Morgan fingerprint density at radius 3 is 2.39 bits per heavy atom. The number of methoxy groups -OCH3 is 1. The third-order valence-electron chi connectivity index (χ3n) is 2.82. The molecule has 98 valence electrons. The fraction of sp³-hybridized carbons (Fsp3) is 0.533. The van der Waals surface area contributed by atoms with E-state index in [0.29, 0.717) is 17.5 Å². The van der Waals surface area contributed by atoms with E-state index in [0.717, 1.165) is 18.0 Å². The van der Waals surface area contributed by atoms with E-state index >= 15 is 0 Å². The van der Waals surface area contributed by atoms with E-state index in [9.17, 15) is 5.26 Å². The molecular weight excluding hydrogens is 224 g/mol. The minimum atomic E-state index is 0.353. The Morgan fingerprint density at radius 1 is 1.28 bits per heavy atom. The van der Waals surface area contributed by atoms with Crippen LogP contribution in [0.3, 0.4) is 0 Å². The van der Waals surface area contributed by atoms with E-state index in [1.165, 1.54) is 0 Å². The molecule has 1 aromatic carbocycles. The summed E-state index contributed by atoms with van der Waals surface area (Å²) in [6.07, 6.45) is 0. The second-order valence-electron chi connectivity index (χ2n) is 5.13. The third kappa shape index (κ3) is 3.40. The predicted octanol–water partition coefficient (Wildman–Crippen LogP) is 3.44. The van der Waals surface area contributed by atoms with E-state index in [1.807, 2.05) is 18.2 Å². The van der Waals surface area contributed by atoms with Gasteiger partial charge >= 0.3 is 0 Å². The Labute approximate surface area is 110 Å². The molecule has 0 aliphatic heterocycles. The van der Waals surface area contributed by atoms with E-state index in [-0.39, 0.29) is 0 Å². The summed E-state index contributed by atoms with van der Waals surface area (Å²) in [5.74, 6) is 1.34. The fourth-order valence-corrected chi connectivity index (χ4v) is 1.95. The van der Waals surface area contributed by atoms with Crippen LogP contribution in [0.4, 0.5) is 5.69 Å². The smallest absolute Gasteiger partial charge is 0.121 e. The lowest BCUT2D eigenvalue weighted by molar-refractivity contribution is 0.414. The Balaban J connectivity index is 3.20. The van der Waals surface area contributed by atoms with Gasteiger partial charge in [0.1, 0.15) is 11.8 Å². The molecule has 0 unspecified atom stereocenters. The first-order valence-corrected chi connectivity index (χ1v) is 6.34. The van der Waals surface area contributed by atoms with Crippen molar-refractivity contribution >= 4 is 5.69 Å². The van der Waals surface area contributed by atoms with E-state index < -0.39 is 0 Å². The zero-order valence-electron chi connectivity index (χ0n) is 11.9. The number of nitriles is 1. The van der Waals surface area contributed by atoms with Gasteiger partial charge in [-0.15, -0.1) is 0 Å². The van der Waals surface area contributed by atoms with Gasteiger partial charge in [-0.05, 0) is 31.9 Å². The molecule has 0 aliphatic carbocycles. The summed E-state index contributed by atoms with van der Waals surface area (Å²) in [4.78, 5) is 2.26. The molecule has 0 N–H and O–H groups in total. The second kappa shape index (κ2) is 6.30. The van der Waals surface area contributed by atoms with Gasteiger partial charge in [0, 0.05) is 18.7 Å². The number of nitrogens with zero attached hydrogens (tertiary/aromatic N) is 2. The Hall–Kier alpha value is -1.69. The Kier molecular flexibility index (Phi) is 5.03. The first kappa shape index (κ1) is 14.4. The molecule has 0 saturated heterocycles. The van der Waals surface area contributed by atoms with Gasteiger partial charge in [-0.25, -0.2) is 0 Å². The number of hydrogen-bond donors (Lipinski definition) is 0. The summed E-state index contributed by atoms with van der Waals surface area (Å²) >= 11 is 0. The molecule has 1 aromatic rings. The highest BCUT2D eigenvalue weighted by atomic mass is 16.5. The van der Waals surface area contributed by atoms with Gasteiger partial charge in [0.15, 0.2) is 0 Å². The summed E-state index contributed by atoms with van der Waals surface area (Å²) in [6, 6.07) is 8.21. The number of benzene rings is 1. The van der Waals surface area contributed by atoms with Crippen molar-refractivity contribution in [3.8, 4) is 11.8 Å². The van der Waals surface area contributed by atoms with Crippen LogP contribution < -0.4 is 9.64 Å². The number of hydrogen-bond acceptors (Lipinski definition) is 3. The molecule has 1 rings (SSSR count). The Bertz CT molecular complexity index is 433. The van der Waals surface area contributed by atoms with E-state index in [4.69, 9.17) is 4.74 Å². The minimum Gasteiger partial charge on any atom is -0.497 e. The molecule has 0 aliphatic rings. The van der Waals surface area contributed by atoms with Gasteiger partial charge in [-0.2, -0.15) is 5.26 Å². The number of ether oxygens (including phenoxy) is 1. The van der Waals surface area contributed by atoms with Gasteiger partial charge in [-0.1, -0.05) is 13.8 Å². The summed E-state index contributed by atoms with van der Waals surface area (Å²) in [5.41, 5.74) is 1.66. The lowest BCUT2D eigenvalue weighted by Gasteiger charge is -2.31. The van der Waals surface area contributed by atoms with Crippen molar-refractivity contribution in [1.82, 2.24) is 0 Å². The monoisotopic (exact) mass is 246 g/mol.